The van der Waals surface area contributed by atoms with Crippen LogP contribution in [-0.4, -0.2) is 16.0 Å². The highest BCUT2D eigenvalue weighted by atomic mass is 19.1. The average molecular weight is 336 g/mol. The first-order valence-electron chi connectivity index (χ1n) is 8.27. The van der Waals surface area contributed by atoms with Crippen molar-refractivity contribution in [2.45, 2.75) is 26.4 Å². The maximum absolute atomic E-state index is 13.9. The summed E-state index contributed by atoms with van der Waals surface area (Å²) >= 11 is 0. The third-order valence-electron chi connectivity index (χ3n) is 4.47. The van der Waals surface area contributed by atoms with Gasteiger partial charge in [-0.1, -0.05) is 43.3 Å². The summed E-state index contributed by atoms with van der Waals surface area (Å²) in [6, 6.07) is 14.5. The fourth-order valence-corrected chi connectivity index (χ4v) is 3.14. The summed E-state index contributed by atoms with van der Waals surface area (Å²) in [5, 5.41) is 1.02. The third-order valence-corrected chi connectivity index (χ3v) is 4.47. The van der Waals surface area contributed by atoms with Crippen LogP contribution in [0.15, 0.2) is 48.5 Å². The van der Waals surface area contributed by atoms with E-state index in [9.17, 15) is 9.18 Å². The van der Waals surface area contributed by atoms with Gasteiger partial charge in [0.25, 0.3) is 0 Å². The number of nitrogens with zero attached hydrogens (tertiary/aromatic N) is 2. The summed E-state index contributed by atoms with van der Waals surface area (Å²) in [5.41, 5.74) is 3.27. The molecule has 3 aromatic rings. The predicted octanol–water partition coefficient (Wildman–Crippen LogP) is 4.45. The minimum absolute atomic E-state index is 0.165. The third kappa shape index (κ3) is 2.82. The summed E-state index contributed by atoms with van der Waals surface area (Å²) in [6.45, 7) is 2.58. The first-order chi connectivity index (χ1) is 12.2. The highest BCUT2D eigenvalue weighted by Crippen LogP contribution is 2.30. The molecule has 0 radical (unpaired) electrons. The van der Waals surface area contributed by atoms with Crippen LogP contribution in [-0.2, 0) is 19.5 Å². The molecule has 0 spiro atoms. The molecule has 0 saturated carbocycles. The second-order valence-corrected chi connectivity index (χ2v) is 6.11. The minimum Gasteiger partial charge on any atom is -0.391 e. The number of hydrogen-bond donors (Lipinski definition) is 0. The normalized spacial score (nSPS) is 13.7. The number of rotatable bonds is 3. The fourth-order valence-electron chi connectivity index (χ4n) is 3.14. The predicted molar refractivity (Wildman–Crippen MR) is 92.8 cm³/mol. The fraction of sp³-hybridized carbons (Fsp3) is 0.200. The van der Waals surface area contributed by atoms with E-state index in [0.717, 1.165) is 28.5 Å². The van der Waals surface area contributed by atoms with Crippen molar-refractivity contribution >= 4 is 17.0 Å². The Kier molecular flexibility index (Phi) is 3.84. The summed E-state index contributed by atoms with van der Waals surface area (Å²) in [4.78, 5) is 18.3. The molecule has 4 rings (SSSR count). The average Bonchev–Trinajstić information content (AvgIpc) is 2.62. The monoisotopic (exact) mass is 336 g/mol. The Bertz CT molecular complexity index is 971. The number of aryl methyl sites for hydroxylation is 1. The van der Waals surface area contributed by atoms with Crippen molar-refractivity contribution in [1.29, 1.82) is 0 Å². The van der Waals surface area contributed by atoms with E-state index in [4.69, 9.17) is 4.74 Å². The molecule has 0 saturated heterocycles. The number of carbonyl (C=O) groups excluding carboxylic acids is 1. The van der Waals surface area contributed by atoms with Gasteiger partial charge in [-0.3, -0.25) is 4.90 Å². The van der Waals surface area contributed by atoms with Gasteiger partial charge in [0.2, 0.25) is 5.88 Å². The Balaban J connectivity index is 1.69. The van der Waals surface area contributed by atoms with Crippen molar-refractivity contribution in [1.82, 2.24) is 9.88 Å². The lowest BCUT2D eigenvalue weighted by Crippen LogP contribution is -2.37. The van der Waals surface area contributed by atoms with Gasteiger partial charge in [-0.25, -0.2) is 14.2 Å². The number of pyridine rings is 1. The van der Waals surface area contributed by atoms with Crippen LogP contribution in [0.2, 0.25) is 0 Å². The quantitative estimate of drug-likeness (QED) is 0.709. The molecule has 1 aromatic heterocycles. The standard InChI is InChI=1S/C20H17FN2O2/c1-2-13-7-5-8-14-10-16-12-23(11-15-6-3-4-9-17(15)21)20(24)25-19(16)22-18(13)14/h3-10H,2,11-12H2,1H3. The van der Waals surface area contributed by atoms with Gasteiger partial charge in [0.15, 0.2) is 0 Å². The molecule has 1 aliphatic rings. The molecule has 2 aromatic carbocycles. The zero-order valence-electron chi connectivity index (χ0n) is 13.8. The van der Waals surface area contributed by atoms with Gasteiger partial charge >= 0.3 is 6.09 Å². The minimum atomic E-state index is -0.503. The number of fused-ring (bicyclic) bond motifs is 2. The van der Waals surface area contributed by atoms with E-state index in [2.05, 4.69) is 11.9 Å². The number of ether oxygens (including phenoxy) is 1. The van der Waals surface area contributed by atoms with Gasteiger partial charge in [-0.2, -0.15) is 0 Å². The number of aromatic nitrogens is 1. The van der Waals surface area contributed by atoms with E-state index in [-0.39, 0.29) is 12.4 Å². The number of carbonyl (C=O) groups is 1. The molecule has 0 unspecified atom stereocenters. The van der Waals surface area contributed by atoms with Gasteiger partial charge in [0.1, 0.15) is 5.82 Å². The molecule has 25 heavy (non-hydrogen) atoms. The first-order valence-corrected chi connectivity index (χ1v) is 8.27. The van der Waals surface area contributed by atoms with Crippen molar-refractivity contribution in [2.75, 3.05) is 0 Å². The number of amides is 1. The van der Waals surface area contributed by atoms with Gasteiger partial charge in [0.05, 0.1) is 18.6 Å². The summed E-state index contributed by atoms with van der Waals surface area (Å²) < 4.78 is 19.3. The highest BCUT2D eigenvalue weighted by Gasteiger charge is 2.27. The topological polar surface area (TPSA) is 42.4 Å². The Hall–Kier alpha value is -2.95. The van der Waals surface area contributed by atoms with E-state index in [1.165, 1.54) is 11.0 Å². The molecular formula is C20H17FN2O2. The van der Waals surface area contributed by atoms with Crippen molar-refractivity contribution < 1.29 is 13.9 Å². The lowest BCUT2D eigenvalue weighted by atomic mass is 10.1. The second kappa shape index (κ2) is 6.16. The molecule has 0 fully saturated rings. The molecule has 0 atom stereocenters. The van der Waals surface area contributed by atoms with Crippen molar-refractivity contribution in [2.24, 2.45) is 0 Å². The van der Waals surface area contributed by atoms with Crippen LogP contribution in [0.4, 0.5) is 9.18 Å². The van der Waals surface area contributed by atoms with Gasteiger partial charge in [0, 0.05) is 16.5 Å². The number of halogens is 1. The molecular weight excluding hydrogens is 319 g/mol. The Morgan fingerprint density at radius 1 is 1.16 bits per heavy atom. The van der Waals surface area contributed by atoms with Gasteiger partial charge in [-0.15, -0.1) is 0 Å². The Labute approximate surface area is 144 Å². The Morgan fingerprint density at radius 3 is 2.76 bits per heavy atom. The largest absolute Gasteiger partial charge is 0.417 e. The molecule has 0 aliphatic carbocycles. The van der Waals surface area contributed by atoms with Crippen LogP contribution < -0.4 is 4.74 Å². The van der Waals surface area contributed by atoms with Crippen LogP contribution in [0.1, 0.15) is 23.6 Å². The van der Waals surface area contributed by atoms with Gasteiger partial charge < -0.3 is 4.74 Å². The first kappa shape index (κ1) is 15.6. The van der Waals surface area contributed by atoms with E-state index in [1.54, 1.807) is 18.2 Å². The van der Waals surface area contributed by atoms with Crippen molar-refractivity contribution in [3.63, 3.8) is 0 Å². The van der Waals surface area contributed by atoms with E-state index >= 15 is 0 Å². The lowest BCUT2D eigenvalue weighted by molar-refractivity contribution is 0.132. The maximum Gasteiger partial charge on any atom is 0.417 e. The maximum atomic E-state index is 13.9. The molecule has 2 heterocycles. The second-order valence-electron chi connectivity index (χ2n) is 6.11. The van der Waals surface area contributed by atoms with Crippen molar-refractivity contribution in [3.8, 4) is 5.88 Å². The van der Waals surface area contributed by atoms with Crippen molar-refractivity contribution in [3.05, 3.63) is 71.0 Å². The highest BCUT2D eigenvalue weighted by molar-refractivity contribution is 5.84. The molecule has 0 N–H and O–H groups in total. The van der Waals surface area contributed by atoms with Crippen LogP contribution in [0.3, 0.4) is 0 Å². The summed E-state index contributed by atoms with van der Waals surface area (Å²) in [5.74, 6) is 0.0218. The van der Waals surface area contributed by atoms with Crippen LogP contribution in [0, 0.1) is 5.82 Å². The molecule has 1 aliphatic heterocycles. The number of hydrogen-bond acceptors (Lipinski definition) is 3. The molecule has 0 bridgehead atoms. The lowest BCUT2D eigenvalue weighted by Gasteiger charge is -2.27. The smallest absolute Gasteiger partial charge is 0.391 e. The van der Waals surface area contributed by atoms with Crippen LogP contribution in [0.5, 0.6) is 5.88 Å². The van der Waals surface area contributed by atoms with E-state index in [0.29, 0.717) is 18.0 Å². The number of para-hydroxylation sites is 1. The van der Waals surface area contributed by atoms with E-state index < -0.39 is 6.09 Å². The van der Waals surface area contributed by atoms with Gasteiger partial charge in [-0.05, 0) is 24.1 Å². The van der Waals surface area contributed by atoms with E-state index in [1.807, 2.05) is 24.3 Å². The Morgan fingerprint density at radius 2 is 1.96 bits per heavy atom. The summed E-state index contributed by atoms with van der Waals surface area (Å²) in [6.07, 6.45) is 0.354. The zero-order chi connectivity index (χ0) is 17.4. The molecule has 5 heteroatoms. The SMILES string of the molecule is CCc1cccc2cc3c(nc12)OC(=O)N(Cc1ccccc1F)C3. The summed E-state index contributed by atoms with van der Waals surface area (Å²) in [7, 11) is 0. The zero-order valence-corrected chi connectivity index (χ0v) is 13.8. The molecule has 4 nitrogen and oxygen atoms in total. The molecule has 126 valence electrons. The number of benzene rings is 2. The molecule has 1 amide bonds. The van der Waals surface area contributed by atoms with Crippen LogP contribution in [0.25, 0.3) is 10.9 Å². The van der Waals surface area contributed by atoms with Crippen LogP contribution >= 0.6 is 0 Å².